The van der Waals surface area contributed by atoms with Gasteiger partial charge in [-0.15, -0.1) is 0 Å². The van der Waals surface area contributed by atoms with Crippen molar-refractivity contribution in [1.82, 2.24) is 4.72 Å². The molecule has 5 nitrogen and oxygen atoms in total. The molecule has 22 heavy (non-hydrogen) atoms. The van der Waals surface area contributed by atoms with E-state index in [0.29, 0.717) is 6.07 Å². The Hall–Kier alpha value is -0.840. The molecule has 0 unspecified atom stereocenters. The van der Waals surface area contributed by atoms with Crippen molar-refractivity contribution in [3.63, 3.8) is 0 Å². The van der Waals surface area contributed by atoms with E-state index in [1.807, 2.05) is 4.72 Å². The number of benzene rings is 1. The van der Waals surface area contributed by atoms with Gasteiger partial charge in [0.05, 0.1) is 22.0 Å². The first-order valence-electron chi connectivity index (χ1n) is 6.00. The number of hydrogen-bond acceptors (Lipinski definition) is 4. The van der Waals surface area contributed by atoms with E-state index in [1.165, 1.54) is 0 Å². The minimum atomic E-state index is -4.91. The molecule has 1 atom stereocenters. The van der Waals surface area contributed by atoms with Crippen LogP contribution in [0.1, 0.15) is 12.0 Å². The summed E-state index contributed by atoms with van der Waals surface area (Å²) in [4.78, 5) is -0.978. The lowest BCUT2D eigenvalue weighted by atomic mass is 10.2. The van der Waals surface area contributed by atoms with Gasteiger partial charge < -0.3 is 0 Å². The molecule has 0 aromatic heterocycles. The van der Waals surface area contributed by atoms with Crippen LogP contribution in [0.5, 0.6) is 0 Å². The first kappa shape index (κ1) is 17.5. The molecule has 1 aliphatic heterocycles. The zero-order valence-electron chi connectivity index (χ0n) is 10.9. The standard InChI is InChI=1S/C11H11ClF3NO4S2/c12-7-1-2-10(9(5-7)11(13,14)15)22(19,20)16-8-3-4-21(17,18)6-8/h1-2,5,8,16H,3-4,6H2/t8-/m1/s1. The zero-order chi connectivity index (χ0) is 16.8. The van der Waals surface area contributed by atoms with Crippen molar-refractivity contribution < 1.29 is 30.0 Å². The quantitative estimate of drug-likeness (QED) is 0.871. The number of halogens is 4. The molecular formula is C11H11ClF3NO4S2. The first-order valence-corrected chi connectivity index (χ1v) is 9.68. The van der Waals surface area contributed by atoms with E-state index in [2.05, 4.69) is 0 Å². The minimum absolute atomic E-state index is 0.0243. The molecule has 0 radical (unpaired) electrons. The summed E-state index contributed by atoms with van der Waals surface area (Å²) in [5.74, 6) is -0.631. The zero-order valence-corrected chi connectivity index (χ0v) is 13.3. The van der Waals surface area contributed by atoms with Gasteiger partial charge in [0.2, 0.25) is 10.0 Å². The molecule has 1 aliphatic rings. The molecule has 1 heterocycles. The highest BCUT2D eigenvalue weighted by Gasteiger charge is 2.39. The van der Waals surface area contributed by atoms with E-state index in [-0.39, 0.29) is 17.2 Å². The van der Waals surface area contributed by atoms with Gasteiger partial charge in [0, 0.05) is 11.1 Å². The molecule has 124 valence electrons. The Morgan fingerprint density at radius 1 is 1.27 bits per heavy atom. The molecular weight excluding hydrogens is 367 g/mol. The molecule has 1 saturated heterocycles. The third-order valence-electron chi connectivity index (χ3n) is 3.09. The second kappa shape index (κ2) is 5.66. The van der Waals surface area contributed by atoms with Crippen LogP contribution in [0.2, 0.25) is 5.02 Å². The summed E-state index contributed by atoms with van der Waals surface area (Å²) in [5, 5.41) is -0.255. The second-order valence-corrected chi connectivity index (χ2v) is 9.21. The van der Waals surface area contributed by atoms with Crippen LogP contribution in [0.3, 0.4) is 0 Å². The Labute approximate surface area is 130 Å². The fourth-order valence-corrected chi connectivity index (χ4v) is 5.56. The highest BCUT2D eigenvalue weighted by molar-refractivity contribution is 7.92. The Morgan fingerprint density at radius 2 is 1.91 bits per heavy atom. The molecule has 0 spiro atoms. The van der Waals surface area contributed by atoms with Gasteiger partial charge in [-0.1, -0.05) is 11.6 Å². The van der Waals surface area contributed by atoms with Crippen LogP contribution >= 0.6 is 11.6 Å². The van der Waals surface area contributed by atoms with Crippen LogP contribution < -0.4 is 4.72 Å². The lowest BCUT2D eigenvalue weighted by Gasteiger charge is -2.16. The number of sulfone groups is 1. The van der Waals surface area contributed by atoms with Crippen molar-refractivity contribution >= 4 is 31.5 Å². The molecule has 1 fully saturated rings. The summed E-state index contributed by atoms with van der Waals surface area (Å²) in [6.45, 7) is 0. The van der Waals surface area contributed by atoms with Crippen LogP contribution in [0.25, 0.3) is 0 Å². The second-order valence-electron chi connectivity index (χ2n) is 4.86. The predicted molar refractivity (Wildman–Crippen MR) is 73.8 cm³/mol. The molecule has 0 aliphatic carbocycles. The fraction of sp³-hybridized carbons (Fsp3) is 0.455. The van der Waals surface area contributed by atoms with E-state index in [9.17, 15) is 30.0 Å². The van der Waals surface area contributed by atoms with Gasteiger partial charge in [-0.3, -0.25) is 0 Å². The molecule has 2 rings (SSSR count). The number of alkyl halides is 3. The Kier molecular flexibility index (Phi) is 4.51. The first-order chi connectivity index (χ1) is 9.91. The predicted octanol–water partition coefficient (Wildman–Crippen LogP) is 1.82. The highest BCUT2D eigenvalue weighted by Crippen LogP contribution is 2.36. The molecule has 0 saturated carbocycles. The van der Waals surface area contributed by atoms with Crippen molar-refractivity contribution in [2.24, 2.45) is 0 Å². The summed E-state index contributed by atoms with van der Waals surface area (Å²) in [6.07, 6.45) is -4.88. The summed E-state index contributed by atoms with van der Waals surface area (Å²) >= 11 is 5.49. The van der Waals surface area contributed by atoms with Gasteiger partial charge in [0.25, 0.3) is 0 Å². The fourth-order valence-electron chi connectivity index (χ4n) is 2.13. The molecule has 1 N–H and O–H groups in total. The summed E-state index contributed by atoms with van der Waals surface area (Å²) < 4.78 is 87.7. The largest absolute Gasteiger partial charge is 0.417 e. The summed E-state index contributed by atoms with van der Waals surface area (Å²) in [6, 6.07) is 1.35. The highest BCUT2D eigenvalue weighted by atomic mass is 35.5. The van der Waals surface area contributed by atoms with Crippen LogP contribution in [-0.2, 0) is 26.0 Å². The molecule has 1 aromatic carbocycles. The van der Waals surface area contributed by atoms with Crippen molar-refractivity contribution in [1.29, 1.82) is 0 Å². The average molecular weight is 378 g/mol. The minimum Gasteiger partial charge on any atom is -0.229 e. The van der Waals surface area contributed by atoms with Gasteiger partial charge in [-0.25, -0.2) is 21.6 Å². The maximum absolute atomic E-state index is 12.9. The van der Waals surface area contributed by atoms with E-state index in [4.69, 9.17) is 11.6 Å². The van der Waals surface area contributed by atoms with Crippen LogP contribution in [0, 0.1) is 0 Å². The summed E-state index contributed by atoms with van der Waals surface area (Å²) in [5.41, 5.74) is -1.40. The monoisotopic (exact) mass is 377 g/mol. The van der Waals surface area contributed by atoms with E-state index in [1.54, 1.807) is 0 Å². The topological polar surface area (TPSA) is 80.3 Å². The number of hydrogen-bond donors (Lipinski definition) is 1. The Balaban J connectivity index is 2.38. The summed E-state index contributed by atoms with van der Waals surface area (Å²) in [7, 11) is -7.88. The van der Waals surface area contributed by atoms with E-state index >= 15 is 0 Å². The van der Waals surface area contributed by atoms with Crippen molar-refractivity contribution in [2.45, 2.75) is 23.5 Å². The van der Waals surface area contributed by atoms with Gasteiger partial charge in [0.1, 0.15) is 0 Å². The maximum atomic E-state index is 12.9. The average Bonchev–Trinajstić information content (AvgIpc) is 2.66. The molecule has 0 bridgehead atoms. The van der Waals surface area contributed by atoms with Crippen LogP contribution in [0.4, 0.5) is 13.2 Å². The van der Waals surface area contributed by atoms with Crippen molar-refractivity contribution in [3.8, 4) is 0 Å². The van der Waals surface area contributed by atoms with Gasteiger partial charge in [-0.05, 0) is 24.6 Å². The third kappa shape index (κ3) is 3.92. The normalized spacial score (nSPS) is 21.9. The number of sulfonamides is 1. The van der Waals surface area contributed by atoms with E-state index < -0.39 is 48.3 Å². The Bertz CT molecular complexity index is 790. The molecule has 1 aromatic rings. The van der Waals surface area contributed by atoms with Gasteiger partial charge in [0.15, 0.2) is 9.84 Å². The SMILES string of the molecule is O=S1(=O)CC[C@@H](NS(=O)(=O)c2ccc(Cl)cc2C(F)(F)F)C1. The number of nitrogens with one attached hydrogen (secondary N) is 1. The maximum Gasteiger partial charge on any atom is 0.417 e. The van der Waals surface area contributed by atoms with Crippen LogP contribution in [0.15, 0.2) is 23.1 Å². The van der Waals surface area contributed by atoms with Crippen molar-refractivity contribution in [2.75, 3.05) is 11.5 Å². The van der Waals surface area contributed by atoms with Gasteiger partial charge in [-0.2, -0.15) is 13.2 Å². The lowest BCUT2D eigenvalue weighted by Crippen LogP contribution is -2.36. The molecule has 0 amide bonds. The number of rotatable bonds is 3. The van der Waals surface area contributed by atoms with Crippen molar-refractivity contribution in [3.05, 3.63) is 28.8 Å². The third-order valence-corrected chi connectivity index (χ3v) is 6.67. The van der Waals surface area contributed by atoms with Crippen LogP contribution in [-0.4, -0.2) is 34.4 Å². The lowest BCUT2D eigenvalue weighted by molar-refractivity contribution is -0.139. The smallest absolute Gasteiger partial charge is 0.229 e. The Morgan fingerprint density at radius 3 is 2.41 bits per heavy atom. The van der Waals surface area contributed by atoms with E-state index in [0.717, 1.165) is 12.1 Å². The molecule has 11 heteroatoms. The van der Waals surface area contributed by atoms with Gasteiger partial charge >= 0.3 is 6.18 Å².